The number of aromatic nitrogens is 3. The van der Waals surface area contributed by atoms with E-state index in [9.17, 15) is 9.59 Å². The highest BCUT2D eigenvalue weighted by Crippen LogP contribution is 2.36. The average Bonchev–Trinajstić information content (AvgIpc) is 2.70. The van der Waals surface area contributed by atoms with E-state index in [1.54, 1.807) is 0 Å². The van der Waals surface area contributed by atoms with Crippen LogP contribution in [0, 0.1) is 0 Å². The van der Waals surface area contributed by atoms with Crippen molar-refractivity contribution in [1.82, 2.24) is 15.2 Å². The number of nitrogens with zero attached hydrogens (tertiary/aromatic N) is 1. The highest BCUT2D eigenvalue weighted by Gasteiger charge is 2.27. The zero-order valence-corrected chi connectivity index (χ0v) is 5.76. The number of nitrogens with one attached hydrogen (secondary N) is 2. The predicted molar refractivity (Wildman–Crippen MR) is 37.5 cm³/mol. The molecule has 0 bridgehead atoms. The van der Waals surface area contributed by atoms with E-state index in [1.165, 1.54) is 0 Å². The summed E-state index contributed by atoms with van der Waals surface area (Å²) in [6, 6.07) is 0. The first-order valence-electron chi connectivity index (χ1n) is 3.46. The van der Waals surface area contributed by atoms with Crippen LogP contribution in [0.1, 0.15) is 24.5 Å². The normalized spacial score (nSPS) is 16.7. The van der Waals surface area contributed by atoms with Crippen LogP contribution in [0.15, 0.2) is 9.59 Å². The van der Waals surface area contributed by atoms with Gasteiger partial charge in [-0.3, -0.25) is 9.78 Å². The van der Waals surface area contributed by atoms with Gasteiger partial charge in [0.2, 0.25) is 0 Å². The topological polar surface area (TPSA) is 78.6 Å². The van der Waals surface area contributed by atoms with Gasteiger partial charge in [0.05, 0.1) is 0 Å². The van der Waals surface area contributed by atoms with Crippen LogP contribution in [0.25, 0.3) is 0 Å². The number of rotatable bonds is 1. The minimum absolute atomic E-state index is 0.274. The molecule has 2 N–H and O–H groups in total. The summed E-state index contributed by atoms with van der Waals surface area (Å²) in [6.07, 6.45) is 2.00. The second kappa shape index (κ2) is 2.05. The fraction of sp³-hybridized carbons (Fsp3) is 0.500. The van der Waals surface area contributed by atoms with Crippen LogP contribution >= 0.6 is 0 Å². The Morgan fingerprint density at radius 1 is 1.36 bits per heavy atom. The van der Waals surface area contributed by atoms with E-state index in [1.807, 2.05) is 0 Å². The summed E-state index contributed by atoms with van der Waals surface area (Å²) >= 11 is 0. The van der Waals surface area contributed by atoms with E-state index in [2.05, 4.69) is 15.2 Å². The molecule has 1 heterocycles. The Morgan fingerprint density at radius 3 is 2.64 bits per heavy atom. The Balaban J connectivity index is 2.56. The highest BCUT2D eigenvalue weighted by molar-refractivity contribution is 5.08. The zero-order chi connectivity index (χ0) is 7.84. The maximum atomic E-state index is 11.0. The Kier molecular flexibility index (Phi) is 1.18. The predicted octanol–water partition coefficient (Wildman–Crippen LogP) is -0.664. The van der Waals surface area contributed by atoms with Gasteiger partial charge in [-0.25, -0.2) is 9.89 Å². The molecular formula is C6H7N3O2. The third-order valence-electron chi connectivity index (χ3n) is 1.70. The molecule has 58 valence electrons. The van der Waals surface area contributed by atoms with Crippen molar-refractivity contribution in [2.45, 2.75) is 18.8 Å². The molecule has 1 aliphatic carbocycles. The van der Waals surface area contributed by atoms with Crippen molar-refractivity contribution in [3.8, 4) is 0 Å². The van der Waals surface area contributed by atoms with Crippen LogP contribution in [0.4, 0.5) is 0 Å². The van der Waals surface area contributed by atoms with Crippen LogP contribution < -0.4 is 11.2 Å². The van der Waals surface area contributed by atoms with Crippen molar-refractivity contribution in [3.05, 3.63) is 26.5 Å². The van der Waals surface area contributed by atoms with E-state index in [4.69, 9.17) is 0 Å². The van der Waals surface area contributed by atoms with Gasteiger partial charge in [0.15, 0.2) is 0 Å². The first-order chi connectivity index (χ1) is 5.27. The summed E-state index contributed by atoms with van der Waals surface area (Å²) < 4.78 is 0. The van der Waals surface area contributed by atoms with Gasteiger partial charge < -0.3 is 0 Å². The number of H-pyrrole nitrogens is 2. The van der Waals surface area contributed by atoms with Gasteiger partial charge in [-0.05, 0) is 12.8 Å². The van der Waals surface area contributed by atoms with Crippen LogP contribution in [-0.2, 0) is 0 Å². The molecule has 0 amide bonds. The van der Waals surface area contributed by atoms with Crippen LogP contribution in [0.2, 0.25) is 0 Å². The van der Waals surface area contributed by atoms with Gasteiger partial charge in [-0.2, -0.15) is 5.10 Å². The Morgan fingerprint density at radius 2 is 2.09 bits per heavy atom. The maximum absolute atomic E-state index is 11.0. The molecule has 11 heavy (non-hydrogen) atoms. The molecule has 1 aromatic heterocycles. The maximum Gasteiger partial charge on any atom is 0.342 e. The van der Waals surface area contributed by atoms with E-state index in [0.717, 1.165) is 12.8 Å². The molecule has 1 aromatic rings. The van der Waals surface area contributed by atoms with Crippen molar-refractivity contribution in [2.75, 3.05) is 0 Å². The van der Waals surface area contributed by atoms with Gasteiger partial charge in [0.25, 0.3) is 5.56 Å². The zero-order valence-electron chi connectivity index (χ0n) is 5.76. The van der Waals surface area contributed by atoms with Gasteiger partial charge in [0.1, 0.15) is 5.69 Å². The fourth-order valence-electron chi connectivity index (χ4n) is 0.990. The first kappa shape index (κ1) is 6.33. The SMILES string of the molecule is O=c1[nH]nc(C2CC2)c(=O)[nH]1. The molecule has 0 unspecified atom stereocenters. The third kappa shape index (κ3) is 1.09. The summed E-state index contributed by atoms with van der Waals surface area (Å²) in [6.45, 7) is 0. The van der Waals surface area contributed by atoms with Gasteiger partial charge in [0, 0.05) is 5.92 Å². The molecule has 1 fully saturated rings. The summed E-state index contributed by atoms with van der Waals surface area (Å²) in [5.74, 6) is 0.274. The number of hydrogen-bond donors (Lipinski definition) is 2. The summed E-state index contributed by atoms with van der Waals surface area (Å²) in [5, 5.41) is 5.86. The summed E-state index contributed by atoms with van der Waals surface area (Å²) in [4.78, 5) is 23.6. The quantitative estimate of drug-likeness (QED) is 0.562. The third-order valence-corrected chi connectivity index (χ3v) is 1.70. The standard InChI is InChI=1S/C6H7N3O2/c10-5-4(3-1-2-3)8-9-6(11)7-5/h3H,1-2H2,(H2,7,9,10,11). The lowest BCUT2D eigenvalue weighted by Gasteiger charge is -1.90. The molecule has 0 radical (unpaired) electrons. The molecule has 0 aromatic carbocycles. The molecule has 0 saturated heterocycles. The van der Waals surface area contributed by atoms with Crippen LogP contribution in [0.5, 0.6) is 0 Å². The minimum atomic E-state index is -0.542. The van der Waals surface area contributed by atoms with E-state index >= 15 is 0 Å². The molecule has 1 aliphatic rings. The molecule has 5 nitrogen and oxygen atoms in total. The van der Waals surface area contributed by atoms with E-state index in [0.29, 0.717) is 5.69 Å². The lowest BCUT2D eigenvalue weighted by atomic mass is 10.3. The molecule has 5 heteroatoms. The summed E-state index contributed by atoms with van der Waals surface area (Å²) in [7, 11) is 0. The molecule has 0 aliphatic heterocycles. The Bertz CT molecular complexity index is 374. The highest BCUT2D eigenvalue weighted by atomic mass is 16.2. The van der Waals surface area contributed by atoms with Gasteiger partial charge in [-0.1, -0.05) is 0 Å². The molecule has 0 spiro atoms. The molecule has 0 atom stereocenters. The van der Waals surface area contributed by atoms with E-state index in [-0.39, 0.29) is 11.5 Å². The largest absolute Gasteiger partial charge is 0.342 e. The number of hydrogen-bond acceptors (Lipinski definition) is 3. The first-order valence-corrected chi connectivity index (χ1v) is 3.46. The van der Waals surface area contributed by atoms with Gasteiger partial charge >= 0.3 is 5.69 Å². The van der Waals surface area contributed by atoms with Crippen molar-refractivity contribution < 1.29 is 0 Å². The van der Waals surface area contributed by atoms with Crippen molar-refractivity contribution in [2.24, 2.45) is 0 Å². The van der Waals surface area contributed by atoms with Gasteiger partial charge in [-0.15, -0.1) is 0 Å². The summed E-state index contributed by atoms with van der Waals surface area (Å²) in [5.41, 5.74) is -0.430. The molecular weight excluding hydrogens is 146 g/mol. The van der Waals surface area contributed by atoms with Crippen molar-refractivity contribution in [3.63, 3.8) is 0 Å². The van der Waals surface area contributed by atoms with Crippen molar-refractivity contribution >= 4 is 0 Å². The van der Waals surface area contributed by atoms with Crippen molar-refractivity contribution in [1.29, 1.82) is 0 Å². The molecule has 2 rings (SSSR count). The lowest BCUT2D eigenvalue weighted by Crippen LogP contribution is -2.26. The van der Waals surface area contributed by atoms with E-state index < -0.39 is 5.69 Å². The molecule has 1 saturated carbocycles. The van der Waals surface area contributed by atoms with Crippen LogP contribution in [-0.4, -0.2) is 15.2 Å². The fourth-order valence-corrected chi connectivity index (χ4v) is 0.990. The smallest absolute Gasteiger partial charge is 0.271 e. The monoisotopic (exact) mass is 153 g/mol. The lowest BCUT2D eigenvalue weighted by molar-refractivity contribution is 0.811. The average molecular weight is 153 g/mol. The second-order valence-corrected chi connectivity index (χ2v) is 2.67. The van der Waals surface area contributed by atoms with Crippen LogP contribution in [0.3, 0.4) is 0 Å². The second-order valence-electron chi connectivity index (χ2n) is 2.67. The minimum Gasteiger partial charge on any atom is -0.271 e. The Labute approximate surface area is 61.5 Å². The number of aromatic amines is 2. The Hall–Kier alpha value is -1.39.